The van der Waals surface area contributed by atoms with E-state index >= 15 is 0 Å². The summed E-state index contributed by atoms with van der Waals surface area (Å²) in [6, 6.07) is 6.31. The molecule has 9 heteroatoms. The topological polar surface area (TPSA) is 133 Å². The number of aromatic amines is 1. The fourth-order valence-corrected chi connectivity index (χ4v) is 2.63. The molecule has 0 atom stereocenters. The molecular formula is C11H13N5O3S. The molecule has 0 aliphatic heterocycles. The number of anilines is 1. The van der Waals surface area contributed by atoms with Crippen LogP contribution in [0.5, 0.6) is 0 Å². The number of H-pyrrole nitrogens is 1. The lowest BCUT2D eigenvalue weighted by Crippen LogP contribution is -2.19. The van der Waals surface area contributed by atoms with Gasteiger partial charge in [0.1, 0.15) is 5.82 Å². The Labute approximate surface area is 115 Å². The quantitative estimate of drug-likeness (QED) is 0.284. The minimum absolute atomic E-state index is 0.0655. The van der Waals surface area contributed by atoms with Gasteiger partial charge in [-0.2, -0.15) is 8.42 Å². The molecule has 0 spiro atoms. The zero-order valence-electron chi connectivity index (χ0n) is 10.5. The van der Waals surface area contributed by atoms with E-state index in [1.807, 2.05) is 0 Å². The maximum absolute atomic E-state index is 12.2. The van der Waals surface area contributed by atoms with Crippen molar-refractivity contribution >= 4 is 21.5 Å². The van der Waals surface area contributed by atoms with Gasteiger partial charge < -0.3 is 15.9 Å². The second-order valence-electron chi connectivity index (χ2n) is 3.97. The number of rotatable bonds is 4. The van der Waals surface area contributed by atoms with Crippen LogP contribution in [0, 0.1) is 6.92 Å². The van der Waals surface area contributed by atoms with Gasteiger partial charge in [-0.3, -0.25) is 4.72 Å². The van der Waals surface area contributed by atoms with Gasteiger partial charge in [-0.05, 0) is 19.1 Å². The molecule has 0 radical (unpaired) electrons. The normalized spacial score (nSPS) is 12.3. The Morgan fingerprint density at radius 1 is 1.45 bits per heavy atom. The van der Waals surface area contributed by atoms with Gasteiger partial charge in [0.05, 0.1) is 11.9 Å². The van der Waals surface area contributed by atoms with E-state index in [9.17, 15) is 8.42 Å². The number of sulfonamides is 1. The first kappa shape index (κ1) is 13.9. The van der Waals surface area contributed by atoms with Gasteiger partial charge in [-0.25, -0.2) is 4.98 Å². The number of para-hydroxylation sites is 1. The van der Waals surface area contributed by atoms with Crippen LogP contribution in [0.15, 0.2) is 40.6 Å². The van der Waals surface area contributed by atoms with Crippen molar-refractivity contribution in [1.82, 2.24) is 9.97 Å². The maximum atomic E-state index is 12.2. The molecule has 106 valence electrons. The van der Waals surface area contributed by atoms with Crippen molar-refractivity contribution in [3.63, 3.8) is 0 Å². The van der Waals surface area contributed by atoms with Crippen molar-refractivity contribution in [3.8, 4) is 0 Å². The Kier molecular flexibility index (Phi) is 3.61. The van der Waals surface area contributed by atoms with Crippen LogP contribution in [-0.4, -0.2) is 29.4 Å². The Bertz CT molecular complexity index is 751. The Hall–Kier alpha value is -2.55. The number of aryl methyl sites for hydroxylation is 1. The molecule has 0 saturated carbocycles. The molecule has 2 rings (SSSR count). The first-order valence-electron chi connectivity index (χ1n) is 5.55. The number of imidazole rings is 1. The number of amidine groups is 1. The van der Waals surface area contributed by atoms with E-state index in [2.05, 4.69) is 19.8 Å². The zero-order valence-corrected chi connectivity index (χ0v) is 11.3. The van der Waals surface area contributed by atoms with E-state index in [-0.39, 0.29) is 22.1 Å². The maximum Gasteiger partial charge on any atom is 0.279 e. The third-order valence-corrected chi connectivity index (χ3v) is 3.80. The lowest BCUT2D eigenvalue weighted by molar-refractivity contribution is 0.318. The van der Waals surface area contributed by atoms with Gasteiger partial charge in [-0.1, -0.05) is 17.3 Å². The summed E-state index contributed by atoms with van der Waals surface area (Å²) in [5.41, 5.74) is 5.98. The number of nitrogens with one attached hydrogen (secondary N) is 2. The van der Waals surface area contributed by atoms with Crippen LogP contribution in [0.2, 0.25) is 0 Å². The third-order valence-electron chi connectivity index (χ3n) is 2.52. The molecule has 0 amide bonds. The van der Waals surface area contributed by atoms with E-state index in [0.29, 0.717) is 5.82 Å². The van der Waals surface area contributed by atoms with Crippen LogP contribution in [0.4, 0.5) is 5.69 Å². The minimum atomic E-state index is -3.82. The first-order chi connectivity index (χ1) is 9.44. The van der Waals surface area contributed by atoms with Crippen LogP contribution in [-0.2, 0) is 10.0 Å². The van der Waals surface area contributed by atoms with Crippen molar-refractivity contribution < 1.29 is 13.6 Å². The number of oxime groups is 1. The van der Waals surface area contributed by atoms with Gasteiger partial charge in [0.25, 0.3) is 10.0 Å². The van der Waals surface area contributed by atoms with Crippen LogP contribution in [0.1, 0.15) is 11.4 Å². The number of aromatic nitrogens is 2. The van der Waals surface area contributed by atoms with Crippen molar-refractivity contribution in [2.45, 2.75) is 11.9 Å². The molecule has 2 aromatic rings. The lowest BCUT2D eigenvalue weighted by Gasteiger charge is -2.10. The second kappa shape index (κ2) is 5.21. The highest BCUT2D eigenvalue weighted by atomic mass is 32.2. The number of benzene rings is 1. The summed E-state index contributed by atoms with van der Waals surface area (Å²) in [5.74, 6) is 0.291. The van der Waals surface area contributed by atoms with Crippen molar-refractivity contribution in [3.05, 3.63) is 41.9 Å². The summed E-state index contributed by atoms with van der Waals surface area (Å²) in [7, 11) is -3.82. The monoisotopic (exact) mass is 295 g/mol. The molecule has 8 nitrogen and oxygen atoms in total. The lowest BCUT2D eigenvalue weighted by atomic mass is 10.2. The predicted octanol–water partition coefficient (Wildman–Crippen LogP) is 0.613. The molecule has 0 bridgehead atoms. The van der Waals surface area contributed by atoms with Gasteiger partial charge in [-0.15, -0.1) is 0 Å². The van der Waals surface area contributed by atoms with Crippen molar-refractivity contribution in [1.29, 1.82) is 0 Å². The summed E-state index contributed by atoms with van der Waals surface area (Å²) in [6.07, 6.45) is 1.21. The molecule has 0 saturated heterocycles. The predicted molar refractivity (Wildman–Crippen MR) is 73.1 cm³/mol. The fourth-order valence-electron chi connectivity index (χ4n) is 1.58. The number of nitrogens with zero attached hydrogens (tertiary/aromatic N) is 2. The molecule has 20 heavy (non-hydrogen) atoms. The van der Waals surface area contributed by atoms with E-state index < -0.39 is 10.0 Å². The smallest absolute Gasteiger partial charge is 0.279 e. The van der Waals surface area contributed by atoms with Gasteiger partial charge in [0.15, 0.2) is 10.9 Å². The van der Waals surface area contributed by atoms with Crippen LogP contribution >= 0.6 is 0 Å². The molecule has 0 aliphatic rings. The van der Waals surface area contributed by atoms with Crippen LogP contribution in [0.25, 0.3) is 0 Å². The molecule has 0 aliphatic carbocycles. The van der Waals surface area contributed by atoms with E-state index in [0.717, 1.165) is 0 Å². The summed E-state index contributed by atoms with van der Waals surface area (Å²) >= 11 is 0. The molecule has 0 fully saturated rings. The third kappa shape index (κ3) is 2.72. The number of hydrogen-bond donors (Lipinski definition) is 4. The summed E-state index contributed by atoms with van der Waals surface area (Å²) in [5, 5.41) is 11.5. The summed E-state index contributed by atoms with van der Waals surface area (Å²) < 4.78 is 26.7. The van der Waals surface area contributed by atoms with Gasteiger partial charge in [0, 0.05) is 5.56 Å². The van der Waals surface area contributed by atoms with Gasteiger partial charge >= 0.3 is 0 Å². The number of hydrogen-bond acceptors (Lipinski definition) is 5. The van der Waals surface area contributed by atoms with Crippen LogP contribution < -0.4 is 10.5 Å². The van der Waals surface area contributed by atoms with Crippen LogP contribution in [0.3, 0.4) is 0 Å². The Morgan fingerprint density at radius 3 is 2.75 bits per heavy atom. The largest absolute Gasteiger partial charge is 0.409 e. The van der Waals surface area contributed by atoms with Crippen molar-refractivity contribution in [2.75, 3.05) is 4.72 Å². The SMILES string of the molecule is Cc1ncc(S(=O)(=O)Nc2ccccc2C(N)=NO)[nH]1. The molecule has 1 heterocycles. The highest BCUT2D eigenvalue weighted by molar-refractivity contribution is 7.92. The standard InChI is InChI=1S/C11H13N5O3S/c1-7-13-6-10(14-7)20(18,19)16-9-5-3-2-4-8(9)11(12)15-17/h2-6,16-17H,1H3,(H2,12,15)(H,13,14). The fraction of sp³-hybridized carbons (Fsp3) is 0.0909. The van der Waals surface area contributed by atoms with E-state index in [4.69, 9.17) is 10.9 Å². The van der Waals surface area contributed by atoms with Crippen molar-refractivity contribution in [2.24, 2.45) is 10.9 Å². The van der Waals surface area contributed by atoms with Gasteiger partial charge in [0.2, 0.25) is 0 Å². The molecular weight excluding hydrogens is 282 g/mol. The second-order valence-corrected chi connectivity index (χ2v) is 5.62. The average molecular weight is 295 g/mol. The first-order valence-corrected chi connectivity index (χ1v) is 7.03. The molecule has 1 aromatic heterocycles. The summed E-state index contributed by atoms with van der Waals surface area (Å²) in [6.45, 7) is 1.64. The zero-order chi connectivity index (χ0) is 14.8. The Balaban J connectivity index is 2.40. The van der Waals surface area contributed by atoms with E-state index in [1.165, 1.54) is 18.3 Å². The average Bonchev–Trinajstić information content (AvgIpc) is 2.86. The minimum Gasteiger partial charge on any atom is -0.409 e. The highest BCUT2D eigenvalue weighted by Crippen LogP contribution is 2.19. The van der Waals surface area contributed by atoms with E-state index in [1.54, 1.807) is 19.1 Å². The summed E-state index contributed by atoms with van der Waals surface area (Å²) in [4.78, 5) is 6.46. The Morgan fingerprint density at radius 2 is 2.15 bits per heavy atom. The molecule has 5 N–H and O–H groups in total. The molecule has 0 unspecified atom stereocenters. The number of nitrogens with two attached hydrogens (primary N) is 1. The highest BCUT2D eigenvalue weighted by Gasteiger charge is 2.19. The molecule has 1 aromatic carbocycles.